The second-order valence-corrected chi connectivity index (χ2v) is 18.5. The summed E-state index contributed by atoms with van der Waals surface area (Å²) in [7, 11) is 0. The predicted molar refractivity (Wildman–Crippen MR) is 242 cm³/mol. The van der Waals surface area contributed by atoms with Gasteiger partial charge in [-0.05, 0) is 88.1 Å². The van der Waals surface area contributed by atoms with Gasteiger partial charge >= 0.3 is 5.97 Å². The normalized spacial score (nSPS) is 17.3. The molecule has 0 spiro atoms. The van der Waals surface area contributed by atoms with E-state index < -0.39 is 82.1 Å². The Balaban J connectivity index is 1.43. The Morgan fingerprint density at radius 2 is 1.55 bits per heavy atom. The lowest BCUT2D eigenvalue weighted by atomic mass is 9.83. The van der Waals surface area contributed by atoms with Crippen molar-refractivity contribution in [2.24, 2.45) is 28.1 Å². The molecular formula is C44H60N10O9S. The van der Waals surface area contributed by atoms with Gasteiger partial charge in [-0.1, -0.05) is 49.6 Å². The highest BCUT2D eigenvalue weighted by Gasteiger charge is 2.45. The number of nitrogens with zero attached hydrogens (tertiary/aromatic N) is 2. The van der Waals surface area contributed by atoms with Crippen molar-refractivity contribution in [3.8, 4) is 0 Å². The highest BCUT2D eigenvalue weighted by atomic mass is 32.2. The van der Waals surface area contributed by atoms with Crippen LogP contribution in [0.15, 0.2) is 64.0 Å². The number of hydrogen-bond donors (Lipinski definition) is 9. The van der Waals surface area contributed by atoms with Crippen LogP contribution in [0.5, 0.6) is 0 Å². The number of guanidine groups is 1. The average Bonchev–Trinajstić information content (AvgIpc) is 3.94. The van der Waals surface area contributed by atoms with E-state index in [0.29, 0.717) is 47.9 Å². The van der Waals surface area contributed by atoms with Crippen molar-refractivity contribution in [1.82, 2.24) is 26.2 Å². The molecule has 2 aliphatic rings. The van der Waals surface area contributed by atoms with Crippen molar-refractivity contribution in [3.05, 3.63) is 65.9 Å². The number of likely N-dealkylation sites (tertiary alicyclic amines) is 1. The van der Waals surface area contributed by atoms with Crippen LogP contribution >= 0.6 is 11.8 Å². The minimum Gasteiger partial charge on any atom is -0.481 e. The molecule has 2 fully saturated rings. The van der Waals surface area contributed by atoms with Gasteiger partial charge in [0.05, 0.1) is 5.75 Å². The fourth-order valence-corrected chi connectivity index (χ4v) is 9.00. The number of fused-ring (bicyclic) bond motifs is 1. The number of carbonyl (C=O) groups excluding carboxylic acids is 6. The number of benzene rings is 2. The second kappa shape index (κ2) is 22.4. The van der Waals surface area contributed by atoms with Gasteiger partial charge in [0, 0.05) is 35.3 Å². The van der Waals surface area contributed by atoms with Crippen LogP contribution in [0.1, 0.15) is 87.8 Å². The lowest BCUT2D eigenvalue weighted by Crippen LogP contribution is -2.63. The third-order valence-corrected chi connectivity index (χ3v) is 13.0. The molecule has 19 nitrogen and oxygen atoms in total. The number of carbonyl (C=O) groups is 7. The van der Waals surface area contributed by atoms with Gasteiger partial charge in [0.15, 0.2) is 11.7 Å². The molecule has 1 aliphatic heterocycles. The van der Waals surface area contributed by atoms with E-state index in [0.717, 1.165) is 31.0 Å². The number of carboxylic acid groups (broad SMARTS) is 1. The van der Waals surface area contributed by atoms with Crippen molar-refractivity contribution in [2.45, 2.75) is 113 Å². The highest BCUT2D eigenvalue weighted by molar-refractivity contribution is 8.01. The van der Waals surface area contributed by atoms with Crippen LogP contribution in [0, 0.1) is 5.92 Å². The van der Waals surface area contributed by atoms with Gasteiger partial charge in [-0.15, -0.1) is 11.8 Å². The number of para-hydroxylation sites is 1. The van der Waals surface area contributed by atoms with E-state index in [-0.39, 0.29) is 50.0 Å². The first-order valence-electron chi connectivity index (χ1n) is 21.5. The summed E-state index contributed by atoms with van der Waals surface area (Å²) in [4.78, 5) is 101. The number of furan rings is 1. The van der Waals surface area contributed by atoms with Crippen LogP contribution in [0.25, 0.3) is 11.0 Å². The molecule has 0 bridgehead atoms. The van der Waals surface area contributed by atoms with Crippen LogP contribution in [0.4, 0.5) is 5.69 Å². The molecule has 346 valence electrons. The van der Waals surface area contributed by atoms with E-state index in [1.54, 1.807) is 68.4 Å². The van der Waals surface area contributed by atoms with Crippen LogP contribution in [0.3, 0.4) is 0 Å². The molecule has 1 aliphatic carbocycles. The quantitative estimate of drug-likeness (QED) is 0.0317. The molecule has 3 aromatic rings. The molecular weight excluding hydrogens is 845 g/mol. The molecule has 5 rings (SSSR count). The van der Waals surface area contributed by atoms with Crippen molar-refractivity contribution in [1.29, 1.82) is 0 Å². The summed E-state index contributed by atoms with van der Waals surface area (Å²) < 4.78 is 4.56. The van der Waals surface area contributed by atoms with Gasteiger partial charge in [-0.25, -0.2) is 0 Å². The summed E-state index contributed by atoms with van der Waals surface area (Å²) in [6.07, 6.45) is 4.75. The smallest absolute Gasteiger partial charge is 0.313 e. The van der Waals surface area contributed by atoms with Crippen LogP contribution in [-0.4, -0.2) is 111 Å². The van der Waals surface area contributed by atoms with Gasteiger partial charge in [0.1, 0.15) is 35.8 Å². The molecule has 20 heteroatoms. The fraction of sp³-hybridized carbons (Fsp3) is 0.500. The molecule has 1 saturated carbocycles. The van der Waals surface area contributed by atoms with E-state index >= 15 is 0 Å². The summed E-state index contributed by atoms with van der Waals surface area (Å²) in [6.45, 7) is 3.50. The first-order valence-corrected chi connectivity index (χ1v) is 22.5. The summed E-state index contributed by atoms with van der Waals surface area (Å²) in [5.41, 5.74) is 24.3. The number of primary amides is 1. The Hall–Kier alpha value is -6.31. The number of anilines is 1. The van der Waals surface area contributed by atoms with Gasteiger partial charge in [-0.2, -0.15) is 0 Å². The molecule has 2 heterocycles. The summed E-state index contributed by atoms with van der Waals surface area (Å²) >= 11 is 0.921. The van der Waals surface area contributed by atoms with Gasteiger partial charge in [0.25, 0.3) is 5.91 Å². The predicted octanol–water partition coefficient (Wildman–Crippen LogP) is 1.52. The Bertz CT molecular complexity index is 2150. The average molecular weight is 905 g/mol. The Labute approximate surface area is 375 Å². The van der Waals surface area contributed by atoms with Crippen LogP contribution in [0.2, 0.25) is 0 Å². The molecule has 6 amide bonds. The van der Waals surface area contributed by atoms with Crippen molar-refractivity contribution >= 4 is 75.8 Å². The van der Waals surface area contributed by atoms with Crippen LogP contribution < -0.4 is 44.2 Å². The number of hydrogen-bond acceptors (Lipinski definition) is 11. The fourth-order valence-electron chi connectivity index (χ4n) is 8.17. The van der Waals surface area contributed by atoms with Gasteiger partial charge < -0.3 is 58.6 Å². The largest absolute Gasteiger partial charge is 0.481 e. The first kappa shape index (κ1) is 48.7. The van der Waals surface area contributed by atoms with Crippen molar-refractivity contribution in [2.75, 3.05) is 24.6 Å². The number of aliphatic imine (C=N–C) groups is 1. The number of carboxylic acids is 1. The second-order valence-electron chi connectivity index (χ2n) is 16.8. The number of amides is 6. The third-order valence-electron chi connectivity index (χ3n) is 11.6. The molecule has 2 aromatic carbocycles. The maximum atomic E-state index is 14.6. The molecule has 1 saturated heterocycles. The third kappa shape index (κ3) is 13.4. The van der Waals surface area contributed by atoms with Crippen molar-refractivity contribution in [3.63, 3.8) is 0 Å². The zero-order chi connectivity index (χ0) is 46.6. The van der Waals surface area contributed by atoms with E-state index in [2.05, 4.69) is 26.3 Å². The summed E-state index contributed by atoms with van der Waals surface area (Å²) in [6, 6.07) is 9.55. The lowest BCUT2D eigenvalue weighted by Gasteiger charge is -2.37. The Morgan fingerprint density at radius 1 is 0.859 bits per heavy atom. The van der Waals surface area contributed by atoms with Crippen LogP contribution in [-0.2, 0) is 35.2 Å². The van der Waals surface area contributed by atoms with E-state index in [4.69, 9.17) is 27.4 Å². The maximum Gasteiger partial charge on any atom is 0.313 e. The Kier molecular flexibility index (Phi) is 17.0. The van der Waals surface area contributed by atoms with Crippen molar-refractivity contribution < 1.29 is 43.1 Å². The number of nitrogens with one attached hydrogen (secondary N) is 4. The molecule has 0 unspecified atom stereocenters. The molecule has 64 heavy (non-hydrogen) atoms. The first-order chi connectivity index (χ1) is 30.4. The molecule has 5 atom stereocenters. The molecule has 1 aromatic heterocycles. The number of nitrogen functional groups attached to an aromatic ring is 1. The highest BCUT2D eigenvalue weighted by Crippen LogP contribution is 2.32. The van der Waals surface area contributed by atoms with Gasteiger partial charge in [0.2, 0.25) is 29.5 Å². The van der Waals surface area contributed by atoms with E-state index in [1.807, 2.05) is 0 Å². The Morgan fingerprint density at radius 3 is 2.20 bits per heavy atom. The lowest BCUT2D eigenvalue weighted by molar-refractivity contribution is -0.142. The van der Waals surface area contributed by atoms with Gasteiger partial charge in [-0.3, -0.25) is 38.6 Å². The minimum absolute atomic E-state index is 0.00968. The SMILES string of the molecule is CC(C)(SCC(=O)O)[C@H](NC(=O)[C@H](CCCN=C(N)N)NC(=O)[C@@H](NC(=O)[C@H](Cc1ccc(N)cc1)NC(=O)c1cc2ccccc2o1)C1CCCCC1)C(=O)N1CCC[C@H]1C(N)=O. The molecule has 13 N–H and O–H groups in total. The topological polar surface area (TPSA) is 321 Å². The number of thioether (sulfide) groups is 1. The standard InChI is InChI=1S/C44H60N10O9S/c1-44(2,64-24-34(55)56)36(42(62)54-21-9-14-31(54)37(46)57)53-38(58)29(13-8-20-49-43(47)48)50-41(61)35(26-10-4-3-5-11-26)52-39(59)30(22-25-16-18-28(45)19-17-25)51-40(60)33-23-27-12-6-7-15-32(27)63-33/h6-7,12,15-19,23,26,29-31,35-36H,3-5,8-11,13-14,20-22,24,45H2,1-2H3,(H2,46,57)(H,50,61)(H,51,60)(H,52,59)(H,53,58)(H,55,56)(H4,47,48,49)/t29-,30-,31-,35-,36+/m0/s1. The van der Waals surface area contributed by atoms with E-state index in [9.17, 15) is 38.7 Å². The number of rotatable bonds is 21. The van der Waals surface area contributed by atoms with E-state index in [1.165, 1.54) is 4.90 Å². The summed E-state index contributed by atoms with van der Waals surface area (Å²) in [5, 5.41) is 21.5. The minimum atomic E-state index is -1.36. The molecule has 0 radical (unpaired) electrons. The monoisotopic (exact) mass is 904 g/mol. The zero-order valence-electron chi connectivity index (χ0n) is 36.2. The zero-order valence-corrected chi connectivity index (χ0v) is 37.0. The number of aliphatic carboxylic acids is 1. The summed E-state index contributed by atoms with van der Waals surface area (Å²) in [5.74, 6) is -6.16. The maximum absolute atomic E-state index is 14.6. The number of nitrogens with two attached hydrogens (primary N) is 4.